The lowest BCUT2D eigenvalue weighted by Crippen LogP contribution is -2.05. The minimum atomic E-state index is -4.30. The summed E-state index contributed by atoms with van der Waals surface area (Å²) in [5, 5.41) is 0.686. The third-order valence-corrected chi connectivity index (χ3v) is 4.59. The Bertz CT molecular complexity index is 620. The number of hydrogen-bond acceptors (Lipinski definition) is 0. The fourth-order valence-corrected chi connectivity index (χ4v) is 3.20. The van der Waals surface area contributed by atoms with Gasteiger partial charge in [0.15, 0.2) is 0 Å². The summed E-state index contributed by atoms with van der Waals surface area (Å²) in [5.41, 5.74) is 2.11. The first-order valence-electron chi connectivity index (χ1n) is 6.34. The van der Waals surface area contributed by atoms with Crippen LogP contribution in [0.15, 0.2) is 42.5 Å². The van der Waals surface area contributed by atoms with Crippen molar-refractivity contribution >= 4 is 27.5 Å². The zero-order valence-electron chi connectivity index (χ0n) is 11.2. The zero-order chi connectivity index (χ0) is 15.6. The Morgan fingerprint density at radius 3 is 2.29 bits per heavy atom. The molecule has 0 heterocycles. The third kappa shape index (κ3) is 4.01. The van der Waals surface area contributed by atoms with Crippen LogP contribution in [0.4, 0.5) is 13.2 Å². The first-order chi connectivity index (χ1) is 9.79. The van der Waals surface area contributed by atoms with Crippen LogP contribution in [-0.2, 0) is 12.6 Å². The van der Waals surface area contributed by atoms with Crippen molar-refractivity contribution < 1.29 is 13.2 Å². The van der Waals surface area contributed by atoms with Gasteiger partial charge in [0.25, 0.3) is 0 Å². The maximum absolute atomic E-state index is 12.5. The molecule has 0 aliphatic rings. The normalized spacial score (nSPS) is 13.2. The molecule has 2 rings (SSSR count). The van der Waals surface area contributed by atoms with Gasteiger partial charge in [-0.25, -0.2) is 0 Å². The second kappa shape index (κ2) is 6.41. The van der Waals surface area contributed by atoms with E-state index in [1.165, 1.54) is 12.1 Å². The average molecular weight is 378 g/mol. The molecular weight excluding hydrogens is 365 g/mol. The molecule has 0 aromatic heterocycles. The SMILES string of the molecule is Cc1cccc(C(Br)Cc2ccc(C(F)(F)F)cc2)c1Cl. The Balaban J connectivity index is 2.16. The highest BCUT2D eigenvalue weighted by molar-refractivity contribution is 9.09. The van der Waals surface area contributed by atoms with Gasteiger partial charge in [-0.2, -0.15) is 13.2 Å². The number of alkyl halides is 4. The Morgan fingerprint density at radius 2 is 1.71 bits per heavy atom. The highest BCUT2D eigenvalue weighted by atomic mass is 79.9. The second-order valence-electron chi connectivity index (χ2n) is 4.84. The van der Waals surface area contributed by atoms with Crippen molar-refractivity contribution in [2.75, 3.05) is 0 Å². The zero-order valence-corrected chi connectivity index (χ0v) is 13.6. The van der Waals surface area contributed by atoms with E-state index in [-0.39, 0.29) is 4.83 Å². The fraction of sp³-hybridized carbons (Fsp3) is 0.250. The van der Waals surface area contributed by atoms with E-state index in [4.69, 9.17) is 11.6 Å². The van der Waals surface area contributed by atoms with Crippen molar-refractivity contribution in [3.05, 3.63) is 69.7 Å². The lowest BCUT2D eigenvalue weighted by Gasteiger charge is -2.14. The highest BCUT2D eigenvalue weighted by Gasteiger charge is 2.30. The summed E-state index contributed by atoms with van der Waals surface area (Å²) < 4.78 is 37.6. The standard InChI is InChI=1S/C16H13BrClF3/c1-10-3-2-4-13(15(10)18)14(17)9-11-5-7-12(8-6-11)16(19,20)21/h2-8,14H,9H2,1H3. The van der Waals surface area contributed by atoms with E-state index in [1.807, 2.05) is 25.1 Å². The molecule has 0 radical (unpaired) electrons. The van der Waals surface area contributed by atoms with Crippen LogP contribution in [0.5, 0.6) is 0 Å². The second-order valence-corrected chi connectivity index (χ2v) is 6.33. The summed E-state index contributed by atoms with van der Waals surface area (Å²) in [7, 11) is 0. The summed E-state index contributed by atoms with van der Waals surface area (Å²) in [6.07, 6.45) is -3.73. The molecule has 0 aliphatic carbocycles. The number of aryl methyl sites for hydroxylation is 1. The van der Waals surface area contributed by atoms with E-state index >= 15 is 0 Å². The minimum absolute atomic E-state index is 0.0402. The van der Waals surface area contributed by atoms with Crippen LogP contribution in [0, 0.1) is 6.92 Å². The van der Waals surface area contributed by atoms with Crippen LogP contribution >= 0.6 is 27.5 Å². The molecule has 5 heteroatoms. The molecule has 0 N–H and O–H groups in total. The third-order valence-electron chi connectivity index (χ3n) is 3.26. The first-order valence-corrected chi connectivity index (χ1v) is 7.63. The van der Waals surface area contributed by atoms with Gasteiger partial charge in [-0.3, -0.25) is 0 Å². The van der Waals surface area contributed by atoms with Gasteiger partial charge >= 0.3 is 6.18 Å². The smallest absolute Gasteiger partial charge is 0.166 e. The molecule has 0 bridgehead atoms. The first kappa shape index (κ1) is 16.4. The molecule has 0 amide bonds. The lowest BCUT2D eigenvalue weighted by molar-refractivity contribution is -0.137. The monoisotopic (exact) mass is 376 g/mol. The maximum atomic E-state index is 12.5. The van der Waals surface area contributed by atoms with E-state index in [2.05, 4.69) is 15.9 Å². The number of halogens is 5. The summed E-state index contributed by atoms with van der Waals surface area (Å²) in [4.78, 5) is -0.0402. The Kier molecular flexibility index (Phi) is 4.99. The Hall–Kier alpha value is -1.00. The van der Waals surface area contributed by atoms with Crippen LogP contribution in [0.1, 0.15) is 27.1 Å². The summed E-state index contributed by atoms with van der Waals surface area (Å²) >= 11 is 9.82. The molecule has 0 saturated heterocycles. The number of rotatable bonds is 3. The fourth-order valence-electron chi connectivity index (χ4n) is 2.06. The molecule has 0 saturated carbocycles. The van der Waals surface area contributed by atoms with Crippen LogP contribution in [0.3, 0.4) is 0 Å². The van der Waals surface area contributed by atoms with E-state index in [0.29, 0.717) is 11.4 Å². The maximum Gasteiger partial charge on any atom is 0.416 e. The molecule has 1 atom stereocenters. The van der Waals surface area contributed by atoms with Crippen molar-refractivity contribution in [1.29, 1.82) is 0 Å². The molecule has 1 unspecified atom stereocenters. The summed E-state index contributed by atoms with van der Waals surface area (Å²) in [6, 6.07) is 11.0. The quantitative estimate of drug-likeness (QED) is 0.547. The van der Waals surface area contributed by atoms with Gasteiger partial charge in [-0.15, -0.1) is 0 Å². The van der Waals surface area contributed by atoms with Gasteiger partial charge in [0, 0.05) is 9.85 Å². The molecule has 0 fully saturated rings. The number of hydrogen-bond donors (Lipinski definition) is 0. The Labute approximate surface area is 135 Å². The largest absolute Gasteiger partial charge is 0.416 e. The van der Waals surface area contributed by atoms with Gasteiger partial charge in [0.05, 0.1) is 5.56 Å². The molecular formula is C16H13BrClF3. The summed E-state index contributed by atoms with van der Waals surface area (Å²) in [5.74, 6) is 0. The highest BCUT2D eigenvalue weighted by Crippen LogP contribution is 2.35. The average Bonchev–Trinajstić information content (AvgIpc) is 2.41. The number of benzene rings is 2. The van der Waals surface area contributed by atoms with Crippen molar-refractivity contribution in [2.45, 2.75) is 24.3 Å². The molecule has 2 aromatic rings. The lowest BCUT2D eigenvalue weighted by atomic mass is 10.0. The van der Waals surface area contributed by atoms with Gasteiger partial charge in [-0.05, 0) is 42.2 Å². The van der Waals surface area contributed by atoms with Crippen LogP contribution in [0.2, 0.25) is 5.02 Å². The van der Waals surface area contributed by atoms with Crippen LogP contribution < -0.4 is 0 Å². The molecule has 112 valence electrons. The van der Waals surface area contributed by atoms with E-state index < -0.39 is 11.7 Å². The van der Waals surface area contributed by atoms with E-state index in [1.54, 1.807) is 0 Å². The summed E-state index contributed by atoms with van der Waals surface area (Å²) in [6.45, 7) is 1.92. The van der Waals surface area contributed by atoms with Crippen molar-refractivity contribution in [2.24, 2.45) is 0 Å². The molecule has 21 heavy (non-hydrogen) atoms. The van der Waals surface area contributed by atoms with Crippen LogP contribution in [0.25, 0.3) is 0 Å². The van der Waals surface area contributed by atoms with E-state index in [0.717, 1.165) is 28.8 Å². The predicted molar refractivity (Wildman–Crippen MR) is 83.0 cm³/mol. The minimum Gasteiger partial charge on any atom is -0.166 e. The van der Waals surface area contributed by atoms with Gasteiger partial charge in [0.1, 0.15) is 0 Å². The topological polar surface area (TPSA) is 0 Å². The van der Waals surface area contributed by atoms with Gasteiger partial charge in [0.2, 0.25) is 0 Å². The van der Waals surface area contributed by atoms with Crippen molar-refractivity contribution in [1.82, 2.24) is 0 Å². The van der Waals surface area contributed by atoms with Crippen molar-refractivity contribution in [3.8, 4) is 0 Å². The Morgan fingerprint density at radius 1 is 1.10 bits per heavy atom. The van der Waals surface area contributed by atoms with Crippen LogP contribution in [-0.4, -0.2) is 0 Å². The van der Waals surface area contributed by atoms with Crippen molar-refractivity contribution in [3.63, 3.8) is 0 Å². The molecule has 0 spiro atoms. The molecule has 2 aromatic carbocycles. The molecule has 0 aliphatic heterocycles. The molecule has 0 nitrogen and oxygen atoms in total. The van der Waals surface area contributed by atoms with Gasteiger partial charge in [-0.1, -0.05) is 57.9 Å². The van der Waals surface area contributed by atoms with Gasteiger partial charge < -0.3 is 0 Å². The predicted octanol–water partition coefficient (Wildman–Crippen LogP) is 6.35. The van der Waals surface area contributed by atoms with E-state index in [9.17, 15) is 13.2 Å².